The summed E-state index contributed by atoms with van der Waals surface area (Å²) in [5.41, 5.74) is 49.3. The normalized spacial score (nSPS) is 13.4. The van der Waals surface area contributed by atoms with Crippen molar-refractivity contribution in [3.63, 3.8) is 0 Å². The number of carboxylic acid groups (broad SMARTS) is 3. The van der Waals surface area contributed by atoms with Crippen LogP contribution in [-0.2, 0) is 43.2 Å². The Kier molecular flexibility index (Phi) is 29.8. The van der Waals surface area contributed by atoms with Crippen LogP contribution in [-0.4, -0.2) is 187 Å². The van der Waals surface area contributed by atoms with Gasteiger partial charge >= 0.3 is 17.9 Å². The lowest BCUT2D eigenvalue weighted by molar-refractivity contribution is -0.140. The van der Waals surface area contributed by atoms with Gasteiger partial charge in [0.25, 0.3) is 0 Å². The van der Waals surface area contributed by atoms with Gasteiger partial charge in [0.2, 0.25) is 35.4 Å². The van der Waals surface area contributed by atoms with Crippen molar-refractivity contribution in [1.82, 2.24) is 36.8 Å². The van der Waals surface area contributed by atoms with Gasteiger partial charge in [0.15, 0.2) is 17.9 Å². The van der Waals surface area contributed by atoms with Crippen molar-refractivity contribution in [2.24, 2.45) is 66.6 Å². The van der Waals surface area contributed by atoms with Crippen molar-refractivity contribution in [3.05, 3.63) is 0 Å². The van der Waals surface area contributed by atoms with Crippen LogP contribution in [0.1, 0.15) is 57.8 Å². The molecule has 0 unspecified atom stereocenters. The highest BCUT2D eigenvalue weighted by Gasteiger charge is 2.28. The van der Waals surface area contributed by atoms with E-state index in [0.29, 0.717) is 0 Å². The number of aliphatic imine (C=N–C) groups is 3. The van der Waals surface area contributed by atoms with Crippen molar-refractivity contribution in [2.45, 2.75) is 94.0 Å². The Morgan fingerprint density at radius 3 is 0.866 bits per heavy atom. The average molecular weight is 960 g/mol. The largest absolute Gasteiger partial charge is 0.481 e. The zero-order valence-corrected chi connectivity index (χ0v) is 37.2. The second kappa shape index (κ2) is 33.4. The fraction of sp³-hybridized carbons (Fsp3) is 0.667. The quantitative estimate of drug-likeness (QED) is 0.0157. The van der Waals surface area contributed by atoms with Crippen molar-refractivity contribution in [2.75, 3.05) is 58.9 Å². The van der Waals surface area contributed by atoms with E-state index in [4.69, 9.17) is 66.9 Å². The maximum absolute atomic E-state index is 13.4. The Morgan fingerprint density at radius 2 is 0.657 bits per heavy atom. The number of amides is 6. The van der Waals surface area contributed by atoms with E-state index in [-0.39, 0.29) is 115 Å². The van der Waals surface area contributed by atoms with Crippen LogP contribution in [0.4, 0.5) is 0 Å². The van der Waals surface area contributed by atoms with Gasteiger partial charge < -0.3 is 98.8 Å². The van der Waals surface area contributed by atoms with Crippen LogP contribution in [0.25, 0.3) is 0 Å². The van der Waals surface area contributed by atoms with Crippen LogP contribution in [0.3, 0.4) is 0 Å². The smallest absolute Gasteiger partial charge is 0.305 e. The highest BCUT2D eigenvalue weighted by molar-refractivity contribution is 5.93. The van der Waals surface area contributed by atoms with Crippen LogP contribution in [0, 0.1) is 0 Å². The lowest BCUT2D eigenvalue weighted by Gasteiger charge is -2.26. The van der Waals surface area contributed by atoms with Crippen molar-refractivity contribution in [3.8, 4) is 0 Å². The van der Waals surface area contributed by atoms with Gasteiger partial charge in [0.05, 0.1) is 37.4 Å². The standard InChI is InChI=1S/C36H69N19O12/c37-19(16-25(56)57)28(62)52-22(4-1-7-49-34(40)41)31(65)46-10-13-55(14-11-47-32(66)23(5-2-8-50-35(42)43)53-29(63)20(38)17-26(58)59)15-12-48-33(67)24(6-3-9-51-36(44)45)54-30(64)21(39)18-27(60)61/h19-24H,1-18,37-39H2,(H,46,65)(H,47,66)(H,48,67)(H,52,62)(H,53,63)(H,54,64)(H,56,57)(H,58,59)(H,60,61)(H4,40,41,49)(H4,42,43,50)(H4,44,45,51)/t19-,20-,21-,22-,23-,24-/m0/s1. The average Bonchev–Trinajstić information content (AvgIpc) is 3.22. The minimum absolute atomic E-state index is 0.0195. The number of carboxylic acids is 3. The Hall–Kier alpha value is -7.12. The number of nitrogens with one attached hydrogen (secondary N) is 6. The van der Waals surface area contributed by atoms with Gasteiger partial charge in [-0.25, -0.2) is 0 Å². The first-order valence-corrected chi connectivity index (χ1v) is 21.0. The molecule has 0 heterocycles. The molecule has 0 bridgehead atoms. The molecule has 0 radical (unpaired) electrons. The second-order valence-corrected chi connectivity index (χ2v) is 14.9. The molecule has 0 aromatic rings. The summed E-state index contributed by atoms with van der Waals surface area (Å²) < 4.78 is 0. The lowest BCUT2D eigenvalue weighted by Crippen LogP contribution is -2.54. The summed E-state index contributed by atoms with van der Waals surface area (Å²) in [7, 11) is 0. The highest BCUT2D eigenvalue weighted by Crippen LogP contribution is 2.04. The summed E-state index contributed by atoms with van der Waals surface area (Å²) in [4.78, 5) is 125. The molecule has 0 saturated heterocycles. The number of aliphatic carboxylic acids is 3. The van der Waals surface area contributed by atoms with Gasteiger partial charge in [0, 0.05) is 58.9 Å². The molecule has 27 N–H and O–H groups in total. The molecule has 31 nitrogen and oxygen atoms in total. The predicted octanol–water partition coefficient (Wildman–Crippen LogP) is -9.34. The molecule has 0 aliphatic rings. The third-order valence-electron chi connectivity index (χ3n) is 9.11. The van der Waals surface area contributed by atoms with E-state index < -0.39 is 109 Å². The summed E-state index contributed by atoms with van der Waals surface area (Å²) in [6.07, 6.45) is -1.40. The Balaban J connectivity index is 6.27. The van der Waals surface area contributed by atoms with Crippen LogP contribution in [0.15, 0.2) is 15.0 Å². The first kappa shape index (κ1) is 59.9. The number of carbonyl (C=O) groups excluding carboxylic acids is 6. The minimum Gasteiger partial charge on any atom is -0.481 e. The third kappa shape index (κ3) is 29.9. The molecule has 0 rings (SSSR count). The van der Waals surface area contributed by atoms with Gasteiger partial charge in [-0.3, -0.25) is 63.0 Å². The molecule has 0 aliphatic heterocycles. The molecule has 67 heavy (non-hydrogen) atoms. The van der Waals surface area contributed by atoms with Gasteiger partial charge in [-0.05, 0) is 38.5 Å². The molecule has 0 aromatic carbocycles. The summed E-state index contributed by atoms with van der Waals surface area (Å²) in [6.45, 7) is 0.192. The fourth-order valence-electron chi connectivity index (χ4n) is 5.71. The maximum atomic E-state index is 13.4. The summed E-state index contributed by atoms with van der Waals surface area (Å²) in [5, 5.41) is 42.5. The Labute approximate surface area is 385 Å². The number of hydrogen-bond acceptors (Lipinski definition) is 16. The molecular formula is C36H69N19O12. The molecule has 0 aromatic heterocycles. The zero-order chi connectivity index (χ0) is 51.1. The second-order valence-electron chi connectivity index (χ2n) is 14.9. The van der Waals surface area contributed by atoms with Crippen molar-refractivity contribution >= 4 is 71.2 Å². The number of rotatable bonds is 36. The zero-order valence-electron chi connectivity index (χ0n) is 37.2. The number of guanidine groups is 3. The highest BCUT2D eigenvalue weighted by atomic mass is 16.4. The molecule has 6 amide bonds. The minimum atomic E-state index is -1.47. The Bertz CT molecular complexity index is 1540. The molecule has 31 heteroatoms. The van der Waals surface area contributed by atoms with Crippen LogP contribution in [0.5, 0.6) is 0 Å². The SMILES string of the molecule is NC(N)=NCCC[C@H](NC(=O)[C@@H](N)CC(=O)O)C(=O)NCCN(CCNC(=O)[C@H](CCCN=C(N)N)NC(=O)[C@@H](N)CC(=O)O)CCNC(=O)[C@H](CCCN=C(N)N)NC(=O)[C@@H](N)CC(=O)O. The lowest BCUT2D eigenvalue weighted by atomic mass is 10.1. The van der Waals surface area contributed by atoms with Crippen molar-refractivity contribution < 1.29 is 58.5 Å². The summed E-state index contributed by atoms with van der Waals surface area (Å²) in [5.74, 6) is -9.36. The number of nitrogens with zero attached hydrogens (tertiary/aromatic N) is 4. The Morgan fingerprint density at radius 1 is 0.418 bits per heavy atom. The first-order chi connectivity index (χ1) is 31.4. The van der Waals surface area contributed by atoms with E-state index in [1.54, 1.807) is 4.90 Å². The molecule has 0 aliphatic carbocycles. The van der Waals surface area contributed by atoms with E-state index in [0.717, 1.165) is 0 Å². The maximum Gasteiger partial charge on any atom is 0.305 e. The monoisotopic (exact) mass is 960 g/mol. The number of carbonyl (C=O) groups is 9. The molecule has 0 spiro atoms. The van der Waals surface area contributed by atoms with E-state index in [2.05, 4.69) is 46.9 Å². The topological polar surface area (TPSA) is 561 Å². The van der Waals surface area contributed by atoms with Crippen molar-refractivity contribution in [1.29, 1.82) is 0 Å². The van der Waals surface area contributed by atoms with E-state index in [9.17, 15) is 43.2 Å². The van der Waals surface area contributed by atoms with Gasteiger partial charge in [-0.2, -0.15) is 0 Å². The van der Waals surface area contributed by atoms with E-state index in [1.165, 1.54) is 0 Å². The third-order valence-corrected chi connectivity index (χ3v) is 9.11. The fourth-order valence-corrected chi connectivity index (χ4v) is 5.71. The summed E-state index contributed by atoms with van der Waals surface area (Å²) in [6, 6.07) is -7.98. The van der Waals surface area contributed by atoms with Gasteiger partial charge in [-0.15, -0.1) is 0 Å². The molecule has 0 fully saturated rings. The number of nitrogens with two attached hydrogens (primary N) is 9. The summed E-state index contributed by atoms with van der Waals surface area (Å²) >= 11 is 0. The molecule has 380 valence electrons. The van der Waals surface area contributed by atoms with Crippen LogP contribution in [0.2, 0.25) is 0 Å². The molecular weight excluding hydrogens is 891 g/mol. The van der Waals surface area contributed by atoms with E-state index >= 15 is 0 Å². The predicted molar refractivity (Wildman–Crippen MR) is 242 cm³/mol. The number of hydrogen-bond donors (Lipinski definition) is 18. The van der Waals surface area contributed by atoms with Crippen LogP contribution >= 0.6 is 0 Å². The first-order valence-electron chi connectivity index (χ1n) is 21.0. The molecule has 6 atom stereocenters. The van der Waals surface area contributed by atoms with Gasteiger partial charge in [0.1, 0.15) is 18.1 Å². The van der Waals surface area contributed by atoms with Crippen LogP contribution < -0.4 is 83.5 Å². The van der Waals surface area contributed by atoms with E-state index in [1.807, 2.05) is 0 Å². The molecule has 0 saturated carbocycles. The van der Waals surface area contributed by atoms with Gasteiger partial charge in [-0.1, -0.05) is 0 Å².